The van der Waals surface area contributed by atoms with E-state index >= 15 is 0 Å². The number of carbonyl (C=O) groups is 1. The fourth-order valence-corrected chi connectivity index (χ4v) is 2.55. The lowest BCUT2D eigenvalue weighted by Gasteiger charge is -2.30. The van der Waals surface area contributed by atoms with Gasteiger partial charge in [-0.1, -0.05) is 26.0 Å². The van der Waals surface area contributed by atoms with Crippen LogP contribution in [0.5, 0.6) is 0 Å². The van der Waals surface area contributed by atoms with Crippen LogP contribution in [0.25, 0.3) is 0 Å². The van der Waals surface area contributed by atoms with Crippen LogP contribution in [0, 0.1) is 23.2 Å². The summed E-state index contributed by atoms with van der Waals surface area (Å²) in [4.78, 5) is 10.9. The molecule has 0 radical (unpaired) electrons. The van der Waals surface area contributed by atoms with Gasteiger partial charge in [-0.05, 0) is 24.2 Å². The first-order valence-corrected chi connectivity index (χ1v) is 4.33. The average Bonchev–Trinajstić information content (AvgIpc) is 2.56. The normalized spacial score (nSPS) is 53.5. The van der Waals surface area contributed by atoms with Crippen molar-refractivity contribution in [2.75, 3.05) is 0 Å². The molecular formula is C10H14O. The van der Waals surface area contributed by atoms with Gasteiger partial charge in [0.15, 0.2) is 0 Å². The van der Waals surface area contributed by atoms with E-state index in [-0.39, 0.29) is 5.41 Å². The molecule has 0 N–H and O–H groups in total. The molecule has 1 heteroatoms. The summed E-state index contributed by atoms with van der Waals surface area (Å²) < 4.78 is 0. The fraction of sp³-hybridized carbons (Fsp3) is 0.700. The van der Waals surface area contributed by atoms with Crippen molar-refractivity contribution in [2.24, 2.45) is 23.2 Å². The van der Waals surface area contributed by atoms with Gasteiger partial charge in [-0.3, -0.25) is 0 Å². The molecule has 11 heavy (non-hydrogen) atoms. The molecule has 0 spiro atoms. The van der Waals surface area contributed by atoms with Crippen molar-refractivity contribution >= 4 is 6.29 Å². The molecule has 0 aromatic heterocycles. The molecule has 60 valence electrons. The molecule has 2 rings (SSSR count). The Labute approximate surface area is 67.5 Å². The van der Waals surface area contributed by atoms with Gasteiger partial charge in [-0.15, -0.1) is 0 Å². The van der Waals surface area contributed by atoms with Crippen LogP contribution in [-0.4, -0.2) is 6.29 Å². The Morgan fingerprint density at radius 3 is 2.64 bits per heavy atom. The molecule has 0 unspecified atom stereocenters. The van der Waals surface area contributed by atoms with Gasteiger partial charge in [0.05, 0.1) is 0 Å². The quantitative estimate of drug-likeness (QED) is 0.413. The van der Waals surface area contributed by atoms with Crippen molar-refractivity contribution in [1.29, 1.82) is 0 Å². The molecule has 0 heterocycles. The minimum Gasteiger partial charge on any atom is -0.303 e. The van der Waals surface area contributed by atoms with Gasteiger partial charge in [0.1, 0.15) is 6.29 Å². The Kier molecular flexibility index (Phi) is 1.26. The number of fused-ring (bicyclic) bond motifs is 2. The molecule has 4 atom stereocenters. The van der Waals surface area contributed by atoms with Gasteiger partial charge < -0.3 is 4.79 Å². The van der Waals surface area contributed by atoms with Crippen LogP contribution >= 0.6 is 0 Å². The third-order valence-corrected chi connectivity index (χ3v) is 3.79. The van der Waals surface area contributed by atoms with Crippen molar-refractivity contribution in [3.8, 4) is 0 Å². The molecule has 1 fully saturated rings. The Hall–Kier alpha value is -0.590. The van der Waals surface area contributed by atoms with Crippen LogP contribution in [0.2, 0.25) is 0 Å². The maximum atomic E-state index is 10.9. The molecule has 0 amide bonds. The van der Waals surface area contributed by atoms with E-state index in [1.165, 1.54) is 6.42 Å². The second-order valence-electron chi connectivity index (χ2n) is 4.16. The zero-order valence-corrected chi connectivity index (χ0v) is 7.08. The summed E-state index contributed by atoms with van der Waals surface area (Å²) in [6.45, 7) is 4.29. The van der Waals surface area contributed by atoms with E-state index in [9.17, 15) is 4.79 Å². The molecular weight excluding hydrogens is 136 g/mol. The Bertz CT molecular complexity index is 219. The number of hydrogen-bond acceptors (Lipinski definition) is 1. The topological polar surface area (TPSA) is 17.1 Å². The lowest BCUT2D eigenvalue weighted by atomic mass is 9.72. The van der Waals surface area contributed by atoms with Gasteiger partial charge in [0.25, 0.3) is 0 Å². The third-order valence-electron chi connectivity index (χ3n) is 3.79. The maximum Gasteiger partial charge on any atom is 0.126 e. The van der Waals surface area contributed by atoms with Gasteiger partial charge in [0.2, 0.25) is 0 Å². The zero-order valence-electron chi connectivity index (χ0n) is 7.08. The number of allylic oxidation sites excluding steroid dienone is 2. The van der Waals surface area contributed by atoms with E-state index in [0.717, 1.165) is 6.29 Å². The van der Waals surface area contributed by atoms with Crippen LogP contribution in [0.1, 0.15) is 20.3 Å². The highest BCUT2D eigenvalue weighted by Gasteiger charge is 2.50. The number of aldehydes is 1. The zero-order chi connectivity index (χ0) is 8.06. The van der Waals surface area contributed by atoms with E-state index < -0.39 is 0 Å². The number of hydrogen-bond donors (Lipinski definition) is 0. The lowest BCUT2D eigenvalue weighted by Crippen LogP contribution is -2.30. The summed E-state index contributed by atoms with van der Waals surface area (Å²) in [5.41, 5.74) is -0.0561. The summed E-state index contributed by atoms with van der Waals surface area (Å²) in [5.74, 6) is 1.75. The first-order valence-electron chi connectivity index (χ1n) is 4.33. The maximum absolute atomic E-state index is 10.9. The highest BCUT2D eigenvalue weighted by molar-refractivity contribution is 5.62. The molecule has 0 aliphatic heterocycles. The van der Waals surface area contributed by atoms with E-state index in [0.29, 0.717) is 17.8 Å². The van der Waals surface area contributed by atoms with Gasteiger partial charge in [0, 0.05) is 5.41 Å². The molecule has 1 nitrogen and oxygen atoms in total. The first-order chi connectivity index (χ1) is 5.18. The smallest absolute Gasteiger partial charge is 0.126 e. The van der Waals surface area contributed by atoms with E-state index in [4.69, 9.17) is 0 Å². The second kappa shape index (κ2) is 1.96. The van der Waals surface area contributed by atoms with Crippen LogP contribution in [-0.2, 0) is 4.79 Å². The highest BCUT2D eigenvalue weighted by Crippen LogP contribution is 2.54. The summed E-state index contributed by atoms with van der Waals surface area (Å²) in [6, 6.07) is 0. The average molecular weight is 150 g/mol. The standard InChI is InChI=1S/C10H14O/c1-7-8-3-4-9(5-8)10(7,2)6-11/h3-4,6-9H,5H2,1-2H3/t7-,8+,9-,10+/m1/s1. The third kappa shape index (κ3) is 0.688. The molecule has 2 aliphatic carbocycles. The van der Waals surface area contributed by atoms with E-state index in [1.54, 1.807) is 0 Å². The summed E-state index contributed by atoms with van der Waals surface area (Å²) >= 11 is 0. The summed E-state index contributed by atoms with van der Waals surface area (Å²) in [5, 5.41) is 0. The van der Waals surface area contributed by atoms with Crippen molar-refractivity contribution in [3.63, 3.8) is 0 Å². The minimum atomic E-state index is -0.0561. The van der Waals surface area contributed by atoms with Crippen molar-refractivity contribution < 1.29 is 4.79 Å². The molecule has 0 aromatic rings. The highest BCUT2D eigenvalue weighted by atomic mass is 16.1. The molecule has 0 aromatic carbocycles. The molecule has 2 bridgehead atoms. The largest absolute Gasteiger partial charge is 0.303 e. The van der Waals surface area contributed by atoms with Crippen LogP contribution in [0.4, 0.5) is 0 Å². The fourth-order valence-electron chi connectivity index (χ4n) is 2.55. The van der Waals surface area contributed by atoms with Crippen molar-refractivity contribution in [3.05, 3.63) is 12.2 Å². The van der Waals surface area contributed by atoms with Crippen LogP contribution in [0.15, 0.2) is 12.2 Å². The number of rotatable bonds is 1. The predicted octanol–water partition coefficient (Wildman–Crippen LogP) is 2.03. The minimum absolute atomic E-state index is 0.0561. The first kappa shape index (κ1) is 7.08. The Balaban J connectivity index is 2.38. The number of carbonyl (C=O) groups excluding carboxylic acids is 1. The summed E-state index contributed by atoms with van der Waals surface area (Å²) in [6.07, 6.45) is 6.86. The molecule has 0 saturated heterocycles. The second-order valence-corrected chi connectivity index (χ2v) is 4.16. The predicted molar refractivity (Wildman–Crippen MR) is 44.1 cm³/mol. The van der Waals surface area contributed by atoms with E-state index in [1.807, 2.05) is 0 Å². The lowest BCUT2D eigenvalue weighted by molar-refractivity contribution is -0.118. The molecule has 2 aliphatic rings. The van der Waals surface area contributed by atoms with E-state index in [2.05, 4.69) is 26.0 Å². The Morgan fingerprint density at radius 1 is 1.55 bits per heavy atom. The SMILES string of the molecule is C[C@@H]1[C@H]2C=C[C@H](C2)[C@@]1(C)C=O. The van der Waals surface area contributed by atoms with Crippen molar-refractivity contribution in [2.45, 2.75) is 20.3 Å². The van der Waals surface area contributed by atoms with Gasteiger partial charge in [-0.25, -0.2) is 0 Å². The summed E-state index contributed by atoms with van der Waals surface area (Å²) in [7, 11) is 0. The monoisotopic (exact) mass is 150 g/mol. The van der Waals surface area contributed by atoms with Crippen LogP contribution < -0.4 is 0 Å². The van der Waals surface area contributed by atoms with Crippen LogP contribution in [0.3, 0.4) is 0 Å². The van der Waals surface area contributed by atoms with Gasteiger partial charge in [-0.2, -0.15) is 0 Å². The Morgan fingerprint density at radius 2 is 2.27 bits per heavy atom. The molecule has 1 saturated carbocycles. The van der Waals surface area contributed by atoms with Gasteiger partial charge >= 0.3 is 0 Å². The van der Waals surface area contributed by atoms with Crippen molar-refractivity contribution in [1.82, 2.24) is 0 Å².